The van der Waals surface area contributed by atoms with E-state index in [4.69, 9.17) is 9.15 Å². The maximum Gasteiger partial charge on any atom is 0.227 e. The van der Waals surface area contributed by atoms with Crippen molar-refractivity contribution in [3.05, 3.63) is 76.8 Å². The summed E-state index contributed by atoms with van der Waals surface area (Å²) >= 11 is 3.48. The quantitative estimate of drug-likeness (QED) is 0.389. The number of hydrogen-bond acceptors (Lipinski definition) is 4. The topological polar surface area (TPSA) is 47.6 Å². The molecule has 0 saturated carbocycles. The number of para-hydroxylation sites is 2. The number of methoxy groups -OCH3 is 1. The summed E-state index contributed by atoms with van der Waals surface area (Å²) in [5.41, 5.74) is 4.41. The molecule has 0 bridgehead atoms. The predicted molar refractivity (Wildman–Crippen MR) is 107 cm³/mol. The number of aromatic nitrogens is 1. The minimum absolute atomic E-state index is 0.612. The number of halogens is 1. The van der Waals surface area contributed by atoms with Crippen LogP contribution < -0.4 is 4.74 Å². The summed E-state index contributed by atoms with van der Waals surface area (Å²) in [4.78, 5) is 9.02. The van der Waals surface area contributed by atoms with Crippen molar-refractivity contribution in [1.29, 1.82) is 0 Å². The summed E-state index contributed by atoms with van der Waals surface area (Å²) in [7, 11) is 1.65. The Morgan fingerprint density at radius 3 is 2.58 bits per heavy atom. The molecule has 5 heteroatoms. The third-order valence-electron chi connectivity index (χ3n) is 3.95. The number of hydrogen-bond donors (Lipinski definition) is 0. The van der Waals surface area contributed by atoms with Crippen molar-refractivity contribution in [1.82, 2.24) is 4.98 Å². The van der Waals surface area contributed by atoms with Crippen LogP contribution in [0.3, 0.4) is 0 Å². The van der Waals surface area contributed by atoms with E-state index in [1.807, 2.05) is 72.9 Å². The van der Waals surface area contributed by atoms with Gasteiger partial charge in [-0.2, -0.15) is 0 Å². The van der Waals surface area contributed by atoms with Crippen LogP contribution in [-0.2, 0) is 0 Å². The van der Waals surface area contributed by atoms with E-state index >= 15 is 0 Å². The van der Waals surface area contributed by atoms with Gasteiger partial charge in [0.15, 0.2) is 5.58 Å². The molecule has 0 aliphatic rings. The highest BCUT2D eigenvalue weighted by atomic mass is 79.9. The highest BCUT2D eigenvalue weighted by molar-refractivity contribution is 9.10. The normalized spacial score (nSPS) is 11.3. The van der Waals surface area contributed by atoms with Crippen LogP contribution in [-0.4, -0.2) is 18.3 Å². The summed E-state index contributed by atoms with van der Waals surface area (Å²) in [6.07, 6.45) is 1.82. The van der Waals surface area contributed by atoms with E-state index in [0.717, 1.165) is 38.1 Å². The smallest absolute Gasteiger partial charge is 0.227 e. The molecule has 1 heterocycles. The van der Waals surface area contributed by atoms with E-state index in [1.54, 1.807) is 7.11 Å². The van der Waals surface area contributed by atoms with Gasteiger partial charge in [-0.1, -0.05) is 12.1 Å². The van der Waals surface area contributed by atoms with Gasteiger partial charge in [-0.3, -0.25) is 4.99 Å². The molecule has 3 aromatic carbocycles. The molecule has 0 aliphatic heterocycles. The molecule has 0 radical (unpaired) electrons. The summed E-state index contributed by atoms with van der Waals surface area (Å²) < 4.78 is 11.9. The lowest BCUT2D eigenvalue weighted by Gasteiger charge is -2.03. The van der Waals surface area contributed by atoms with Crippen molar-refractivity contribution in [2.24, 2.45) is 4.99 Å². The molecule has 0 spiro atoms. The summed E-state index contributed by atoms with van der Waals surface area (Å²) in [6, 6.07) is 21.4. The van der Waals surface area contributed by atoms with Gasteiger partial charge in [0.2, 0.25) is 5.89 Å². The van der Waals surface area contributed by atoms with Crippen LogP contribution in [0.15, 0.2) is 80.6 Å². The van der Waals surface area contributed by atoms with E-state index in [-0.39, 0.29) is 0 Å². The van der Waals surface area contributed by atoms with Crippen LogP contribution in [0.1, 0.15) is 5.56 Å². The van der Waals surface area contributed by atoms with Crippen LogP contribution in [0.5, 0.6) is 5.75 Å². The molecule has 0 amide bonds. The van der Waals surface area contributed by atoms with E-state index in [2.05, 4.69) is 25.9 Å². The fraction of sp³-hybridized carbons (Fsp3) is 0.0476. The van der Waals surface area contributed by atoms with Crippen molar-refractivity contribution in [3.8, 4) is 17.2 Å². The van der Waals surface area contributed by atoms with Crippen LogP contribution >= 0.6 is 15.9 Å². The standard InChI is InChI=1S/C21H15BrN2O2/c1-25-19-11-6-14(12-17(19)22)13-23-16-9-7-15(8-10-16)21-24-18-4-2-3-5-20(18)26-21/h2-13H,1H3. The summed E-state index contributed by atoms with van der Waals surface area (Å²) in [5.74, 6) is 1.41. The largest absolute Gasteiger partial charge is 0.496 e. The maximum absolute atomic E-state index is 5.79. The first-order valence-electron chi connectivity index (χ1n) is 8.06. The molecule has 26 heavy (non-hydrogen) atoms. The Morgan fingerprint density at radius 1 is 1.04 bits per heavy atom. The third kappa shape index (κ3) is 3.39. The van der Waals surface area contributed by atoms with Gasteiger partial charge >= 0.3 is 0 Å². The van der Waals surface area contributed by atoms with Gasteiger partial charge in [0.25, 0.3) is 0 Å². The number of benzene rings is 3. The lowest BCUT2D eigenvalue weighted by molar-refractivity contribution is 0.412. The van der Waals surface area contributed by atoms with Crippen LogP contribution in [0.25, 0.3) is 22.6 Å². The van der Waals surface area contributed by atoms with Crippen LogP contribution in [0.4, 0.5) is 5.69 Å². The number of aliphatic imine (C=N–C) groups is 1. The van der Waals surface area contributed by atoms with Crippen molar-refractivity contribution >= 4 is 38.9 Å². The zero-order valence-corrected chi connectivity index (χ0v) is 15.6. The Bertz CT molecular complexity index is 1050. The van der Waals surface area contributed by atoms with Crippen molar-refractivity contribution < 1.29 is 9.15 Å². The van der Waals surface area contributed by atoms with E-state index in [1.165, 1.54) is 0 Å². The number of rotatable bonds is 4. The highest BCUT2D eigenvalue weighted by Crippen LogP contribution is 2.27. The van der Waals surface area contributed by atoms with Gasteiger partial charge in [-0.05, 0) is 76.1 Å². The first-order chi connectivity index (χ1) is 12.7. The van der Waals surface area contributed by atoms with E-state index < -0.39 is 0 Å². The molecular weight excluding hydrogens is 392 g/mol. The second-order valence-electron chi connectivity index (χ2n) is 5.69. The molecule has 1 aromatic heterocycles. The average Bonchev–Trinajstić information content (AvgIpc) is 3.11. The fourth-order valence-corrected chi connectivity index (χ4v) is 3.16. The second kappa shape index (κ2) is 7.14. The minimum Gasteiger partial charge on any atom is -0.496 e. The fourth-order valence-electron chi connectivity index (χ4n) is 2.60. The highest BCUT2D eigenvalue weighted by Gasteiger charge is 2.07. The van der Waals surface area contributed by atoms with Crippen molar-refractivity contribution in [2.75, 3.05) is 7.11 Å². The Hall–Kier alpha value is -2.92. The Kier molecular flexibility index (Phi) is 4.54. The van der Waals surface area contributed by atoms with Crippen LogP contribution in [0.2, 0.25) is 0 Å². The lowest BCUT2D eigenvalue weighted by Crippen LogP contribution is -1.86. The molecule has 0 atom stereocenters. The predicted octanol–water partition coefficient (Wildman–Crippen LogP) is 6.02. The zero-order valence-electron chi connectivity index (χ0n) is 14.0. The minimum atomic E-state index is 0.612. The number of fused-ring (bicyclic) bond motifs is 1. The molecule has 4 rings (SSSR count). The van der Waals surface area contributed by atoms with Gasteiger partial charge in [-0.15, -0.1) is 0 Å². The maximum atomic E-state index is 5.79. The molecule has 0 unspecified atom stereocenters. The van der Waals surface area contributed by atoms with Crippen molar-refractivity contribution in [2.45, 2.75) is 0 Å². The third-order valence-corrected chi connectivity index (χ3v) is 4.57. The number of ether oxygens (including phenoxy) is 1. The monoisotopic (exact) mass is 406 g/mol. The zero-order chi connectivity index (χ0) is 17.9. The molecule has 0 saturated heterocycles. The average molecular weight is 407 g/mol. The Labute approximate surface area is 159 Å². The van der Waals surface area contributed by atoms with E-state index in [0.29, 0.717) is 5.89 Å². The molecule has 0 aliphatic carbocycles. The SMILES string of the molecule is COc1ccc(C=Nc2ccc(-c3nc4ccccc4o3)cc2)cc1Br. The van der Waals surface area contributed by atoms with Gasteiger partial charge in [0.1, 0.15) is 11.3 Å². The van der Waals surface area contributed by atoms with Gasteiger partial charge in [0, 0.05) is 11.8 Å². The molecular formula is C21H15BrN2O2. The van der Waals surface area contributed by atoms with E-state index in [9.17, 15) is 0 Å². The van der Waals surface area contributed by atoms with Gasteiger partial charge in [0.05, 0.1) is 17.3 Å². The van der Waals surface area contributed by atoms with Gasteiger partial charge in [-0.25, -0.2) is 4.98 Å². The van der Waals surface area contributed by atoms with Crippen LogP contribution in [0, 0.1) is 0 Å². The molecule has 128 valence electrons. The number of oxazole rings is 1. The number of nitrogens with zero attached hydrogens (tertiary/aromatic N) is 2. The Morgan fingerprint density at radius 2 is 1.85 bits per heavy atom. The summed E-state index contributed by atoms with van der Waals surface area (Å²) in [5, 5.41) is 0. The summed E-state index contributed by atoms with van der Waals surface area (Å²) in [6.45, 7) is 0. The first-order valence-corrected chi connectivity index (χ1v) is 8.86. The van der Waals surface area contributed by atoms with Gasteiger partial charge < -0.3 is 9.15 Å². The second-order valence-corrected chi connectivity index (χ2v) is 6.54. The first kappa shape index (κ1) is 16.5. The molecule has 0 fully saturated rings. The lowest BCUT2D eigenvalue weighted by atomic mass is 10.2. The molecule has 4 nitrogen and oxygen atoms in total. The Balaban J connectivity index is 1.55. The molecule has 0 N–H and O–H groups in total. The molecule has 4 aromatic rings. The van der Waals surface area contributed by atoms with Crippen molar-refractivity contribution in [3.63, 3.8) is 0 Å².